The van der Waals surface area contributed by atoms with Gasteiger partial charge in [-0.3, -0.25) is 4.79 Å². The van der Waals surface area contributed by atoms with E-state index in [1.165, 1.54) is 17.7 Å². The van der Waals surface area contributed by atoms with Gasteiger partial charge in [0.25, 0.3) is 0 Å². The lowest BCUT2D eigenvalue weighted by Crippen LogP contribution is -2.09. The maximum absolute atomic E-state index is 11.4. The topological polar surface area (TPSA) is 61.0 Å². The quantitative estimate of drug-likeness (QED) is 0.838. The Bertz CT molecular complexity index is 834. The molecule has 0 saturated carbocycles. The fraction of sp³-hybridized carbons (Fsp3) is 0.263. The van der Waals surface area contributed by atoms with Crippen LogP contribution in [0.2, 0.25) is 0 Å². The Hall–Kier alpha value is -2.62. The van der Waals surface area contributed by atoms with Gasteiger partial charge in [-0.15, -0.1) is 0 Å². The van der Waals surface area contributed by atoms with E-state index in [0.717, 1.165) is 47.8 Å². The highest BCUT2D eigenvalue weighted by atomic mass is 16.1. The Kier molecular flexibility index (Phi) is 3.37. The summed E-state index contributed by atoms with van der Waals surface area (Å²) in [6.45, 7) is 2.30. The molecule has 0 radical (unpaired) electrons. The summed E-state index contributed by atoms with van der Waals surface area (Å²) in [7, 11) is 0. The Morgan fingerprint density at radius 1 is 1.39 bits per heavy atom. The molecule has 4 rings (SSSR count). The zero-order valence-electron chi connectivity index (χ0n) is 13.1. The molecule has 1 unspecified atom stereocenters. The van der Waals surface area contributed by atoms with Gasteiger partial charge in [-0.25, -0.2) is 4.99 Å². The van der Waals surface area contributed by atoms with Gasteiger partial charge in [-0.05, 0) is 61.1 Å². The lowest BCUT2D eigenvalue weighted by atomic mass is 9.89. The molecule has 3 heterocycles. The molecule has 2 aromatic rings. The fourth-order valence-corrected chi connectivity index (χ4v) is 3.35. The summed E-state index contributed by atoms with van der Waals surface area (Å²) in [4.78, 5) is 22.6. The molecule has 0 bridgehead atoms. The molecule has 1 aliphatic heterocycles. The van der Waals surface area contributed by atoms with Crippen LogP contribution in [0, 0.1) is 5.92 Å². The molecule has 2 aromatic heterocycles. The predicted octanol–water partition coefficient (Wildman–Crippen LogP) is 3.44. The second-order valence-corrected chi connectivity index (χ2v) is 6.40. The third-order valence-electron chi connectivity index (χ3n) is 4.59. The number of allylic oxidation sites excluding steroid dienone is 2. The van der Waals surface area contributed by atoms with E-state index < -0.39 is 0 Å². The van der Waals surface area contributed by atoms with Crippen LogP contribution < -0.4 is 0 Å². The van der Waals surface area contributed by atoms with Gasteiger partial charge < -0.3 is 9.97 Å². The van der Waals surface area contributed by atoms with E-state index in [1.54, 1.807) is 0 Å². The van der Waals surface area contributed by atoms with Crippen LogP contribution in [-0.4, -0.2) is 22.0 Å². The van der Waals surface area contributed by atoms with Crippen molar-refractivity contribution in [1.82, 2.24) is 9.97 Å². The molecule has 0 spiro atoms. The summed E-state index contributed by atoms with van der Waals surface area (Å²) in [6.07, 6.45) is 9.99. The molecule has 1 aliphatic carbocycles. The van der Waals surface area contributed by atoms with Crippen molar-refractivity contribution in [2.24, 2.45) is 10.9 Å². The number of hydrogen-bond donors (Lipinski definition) is 2. The summed E-state index contributed by atoms with van der Waals surface area (Å²) < 4.78 is 0. The largest absolute Gasteiger partial charge is 0.360 e. The molecule has 0 saturated heterocycles. The number of aliphatic imine (C=N–C) groups is 1. The van der Waals surface area contributed by atoms with Crippen molar-refractivity contribution >= 4 is 18.1 Å². The molecule has 116 valence electrons. The van der Waals surface area contributed by atoms with Crippen LogP contribution in [-0.2, 0) is 17.6 Å². The van der Waals surface area contributed by atoms with E-state index in [1.807, 2.05) is 30.5 Å². The van der Waals surface area contributed by atoms with Gasteiger partial charge in [0.2, 0.25) is 0 Å². The van der Waals surface area contributed by atoms with Gasteiger partial charge in [0.1, 0.15) is 0 Å². The number of aromatic nitrogens is 2. The van der Waals surface area contributed by atoms with Crippen LogP contribution in [0.25, 0.3) is 6.08 Å². The summed E-state index contributed by atoms with van der Waals surface area (Å²) in [5.74, 6) is 0.744. The third-order valence-corrected chi connectivity index (χ3v) is 4.59. The molecule has 4 nitrogen and oxygen atoms in total. The second kappa shape index (κ2) is 5.54. The fourth-order valence-electron chi connectivity index (χ4n) is 3.35. The maximum atomic E-state index is 11.4. The van der Waals surface area contributed by atoms with Crippen molar-refractivity contribution in [3.05, 3.63) is 64.4 Å². The van der Waals surface area contributed by atoms with Gasteiger partial charge >= 0.3 is 0 Å². The summed E-state index contributed by atoms with van der Waals surface area (Å²) in [6, 6.07) is 6.08. The van der Waals surface area contributed by atoms with Crippen LogP contribution in [0.4, 0.5) is 0 Å². The van der Waals surface area contributed by atoms with E-state index in [2.05, 4.69) is 28.0 Å². The summed E-state index contributed by atoms with van der Waals surface area (Å²) in [5.41, 5.74) is 6.83. The number of aryl methyl sites for hydroxylation is 1. The van der Waals surface area contributed by atoms with Crippen LogP contribution in [0.5, 0.6) is 0 Å². The Morgan fingerprint density at radius 3 is 3.09 bits per heavy atom. The molecule has 0 fully saturated rings. The highest BCUT2D eigenvalue weighted by Crippen LogP contribution is 2.28. The van der Waals surface area contributed by atoms with Crippen LogP contribution in [0.1, 0.15) is 36.0 Å². The lowest BCUT2D eigenvalue weighted by molar-refractivity contribution is -0.104. The van der Waals surface area contributed by atoms with E-state index in [0.29, 0.717) is 5.57 Å². The standard InChI is InChI=1S/C19H19N3O/c1-12-4-5-16-13(7-12)8-15(21-16)10-18-14(11-23)9-19(22-18)17-3-2-6-20-17/h2-3,6,8-12,20-21H,4-5,7H2,1H3. The molecule has 0 aromatic carbocycles. The van der Waals surface area contributed by atoms with Crippen LogP contribution in [0.15, 0.2) is 46.7 Å². The summed E-state index contributed by atoms with van der Waals surface area (Å²) >= 11 is 0. The number of nitrogens with zero attached hydrogens (tertiary/aromatic N) is 1. The average Bonchev–Trinajstić information content (AvgIpc) is 3.25. The number of aldehydes is 1. The van der Waals surface area contributed by atoms with Crippen molar-refractivity contribution in [2.45, 2.75) is 26.2 Å². The van der Waals surface area contributed by atoms with Crippen molar-refractivity contribution in [3.63, 3.8) is 0 Å². The predicted molar refractivity (Wildman–Crippen MR) is 91.4 cm³/mol. The monoisotopic (exact) mass is 305 g/mol. The smallest absolute Gasteiger partial charge is 0.152 e. The number of rotatable bonds is 3. The van der Waals surface area contributed by atoms with Gasteiger partial charge in [0.15, 0.2) is 6.29 Å². The number of H-pyrrole nitrogens is 2. The van der Waals surface area contributed by atoms with E-state index >= 15 is 0 Å². The van der Waals surface area contributed by atoms with Crippen LogP contribution >= 0.6 is 0 Å². The minimum atomic E-state index is 0.621. The number of hydrogen-bond acceptors (Lipinski definition) is 2. The van der Waals surface area contributed by atoms with Crippen molar-refractivity contribution in [3.8, 4) is 0 Å². The first kappa shape index (κ1) is 14.0. The molecule has 2 aliphatic rings. The molecule has 0 amide bonds. The Balaban J connectivity index is 1.68. The van der Waals surface area contributed by atoms with E-state index in [-0.39, 0.29) is 0 Å². The molecule has 4 heteroatoms. The summed E-state index contributed by atoms with van der Waals surface area (Å²) in [5, 5.41) is 0. The zero-order valence-corrected chi connectivity index (χ0v) is 13.1. The normalized spacial score (nSPS) is 22.0. The van der Waals surface area contributed by atoms with Crippen molar-refractivity contribution in [2.75, 3.05) is 0 Å². The van der Waals surface area contributed by atoms with Crippen molar-refractivity contribution in [1.29, 1.82) is 0 Å². The molecular weight excluding hydrogens is 286 g/mol. The third kappa shape index (κ3) is 2.61. The van der Waals surface area contributed by atoms with Crippen molar-refractivity contribution < 1.29 is 4.79 Å². The SMILES string of the molecule is CC1CCc2[nH]c(C=C3N=C(c4ccc[nH]4)C=C3C=O)cc2C1. The second-order valence-electron chi connectivity index (χ2n) is 6.40. The highest BCUT2D eigenvalue weighted by molar-refractivity contribution is 6.14. The highest BCUT2D eigenvalue weighted by Gasteiger charge is 2.19. The molecule has 23 heavy (non-hydrogen) atoms. The Labute approximate surface area is 135 Å². The first-order valence-electron chi connectivity index (χ1n) is 8.05. The minimum Gasteiger partial charge on any atom is -0.360 e. The molecule has 1 atom stereocenters. The zero-order chi connectivity index (χ0) is 15.8. The van der Waals surface area contributed by atoms with Gasteiger partial charge in [-0.1, -0.05) is 6.92 Å². The lowest BCUT2D eigenvalue weighted by Gasteiger charge is -2.17. The molecule has 2 N–H and O–H groups in total. The first-order chi connectivity index (χ1) is 11.2. The maximum Gasteiger partial charge on any atom is 0.152 e. The van der Waals surface area contributed by atoms with E-state index in [9.17, 15) is 4.79 Å². The van der Waals surface area contributed by atoms with Gasteiger partial charge in [0, 0.05) is 23.2 Å². The number of carbonyl (C=O) groups excluding carboxylic acids is 1. The Morgan fingerprint density at radius 2 is 2.30 bits per heavy atom. The minimum absolute atomic E-state index is 0.621. The van der Waals surface area contributed by atoms with Gasteiger partial charge in [0.05, 0.1) is 17.1 Å². The number of fused-ring (bicyclic) bond motifs is 1. The number of nitrogens with one attached hydrogen (secondary N) is 2. The number of carbonyl (C=O) groups is 1. The van der Waals surface area contributed by atoms with E-state index in [4.69, 9.17) is 0 Å². The average molecular weight is 305 g/mol. The van der Waals surface area contributed by atoms with Gasteiger partial charge in [-0.2, -0.15) is 0 Å². The molecular formula is C19H19N3O. The first-order valence-corrected chi connectivity index (χ1v) is 8.05. The number of aromatic amines is 2. The van der Waals surface area contributed by atoms with Crippen LogP contribution in [0.3, 0.4) is 0 Å².